The Morgan fingerprint density at radius 3 is 2.21 bits per heavy atom. The minimum Gasteiger partial charge on any atom is -0.369 e. The van der Waals surface area contributed by atoms with Gasteiger partial charge < -0.3 is 10.2 Å². The van der Waals surface area contributed by atoms with E-state index < -0.39 is 10.0 Å². The molecule has 6 nitrogen and oxygen atoms in total. The van der Waals surface area contributed by atoms with Gasteiger partial charge in [0.2, 0.25) is 10.0 Å². The second-order valence-corrected chi connectivity index (χ2v) is 8.86. The van der Waals surface area contributed by atoms with E-state index in [4.69, 9.17) is 0 Å². The van der Waals surface area contributed by atoms with Crippen LogP contribution in [0, 0.1) is 13.8 Å². The largest absolute Gasteiger partial charge is 0.369 e. The van der Waals surface area contributed by atoms with E-state index in [1.54, 1.807) is 19.9 Å². The lowest BCUT2D eigenvalue weighted by Gasteiger charge is -2.27. The van der Waals surface area contributed by atoms with Crippen LogP contribution in [0.3, 0.4) is 0 Å². The fourth-order valence-corrected chi connectivity index (χ4v) is 4.20. The maximum atomic E-state index is 12.7. The van der Waals surface area contributed by atoms with E-state index in [-0.39, 0.29) is 10.8 Å². The fraction of sp³-hybridized carbons (Fsp3) is 0.381. The van der Waals surface area contributed by atoms with Gasteiger partial charge in [-0.15, -0.1) is 0 Å². The third-order valence-electron chi connectivity index (χ3n) is 4.86. The normalized spacial score (nSPS) is 11.5. The van der Waals surface area contributed by atoms with Crippen LogP contribution in [0.4, 0.5) is 11.4 Å². The van der Waals surface area contributed by atoms with Crippen LogP contribution >= 0.6 is 0 Å². The molecular formula is C21H29N3O3S. The van der Waals surface area contributed by atoms with Gasteiger partial charge in [0.15, 0.2) is 0 Å². The highest BCUT2D eigenvalue weighted by atomic mass is 32.2. The van der Waals surface area contributed by atoms with Gasteiger partial charge in [-0.2, -0.15) is 0 Å². The predicted octanol–water partition coefficient (Wildman–Crippen LogP) is 3.70. The van der Waals surface area contributed by atoms with E-state index >= 15 is 0 Å². The van der Waals surface area contributed by atoms with Crippen molar-refractivity contribution in [3.63, 3.8) is 0 Å². The molecule has 0 aliphatic carbocycles. The summed E-state index contributed by atoms with van der Waals surface area (Å²) in [5.74, 6) is -0.348. The van der Waals surface area contributed by atoms with Crippen molar-refractivity contribution >= 4 is 27.3 Å². The molecule has 0 aliphatic heterocycles. The number of nitrogens with one attached hydrogen (secondary N) is 2. The number of carbonyl (C=O) groups is 1. The number of nitrogens with zero attached hydrogens (tertiary/aromatic N) is 1. The molecule has 0 spiro atoms. The van der Waals surface area contributed by atoms with Crippen molar-refractivity contribution in [2.24, 2.45) is 0 Å². The average molecular weight is 404 g/mol. The zero-order valence-corrected chi connectivity index (χ0v) is 18.1. The number of hydrogen-bond acceptors (Lipinski definition) is 4. The minimum absolute atomic E-state index is 0.117. The minimum atomic E-state index is -3.64. The van der Waals surface area contributed by atoms with Crippen molar-refractivity contribution in [1.82, 2.24) is 4.72 Å². The van der Waals surface area contributed by atoms with Gasteiger partial charge >= 0.3 is 0 Å². The van der Waals surface area contributed by atoms with Crippen LogP contribution in [0.5, 0.6) is 0 Å². The molecule has 0 aliphatic rings. The van der Waals surface area contributed by atoms with Crippen molar-refractivity contribution in [3.05, 3.63) is 53.1 Å². The molecule has 0 atom stereocenters. The standard InChI is InChI=1S/C21H29N3O3S/c1-7-24(14(2)3)19-10-8-18(9-11-19)23-21(25)17-12-15(4)16(5)20(13-17)28(26,27)22-6/h8-14,22H,7H2,1-6H3,(H,23,25). The number of hydrogen-bond donors (Lipinski definition) is 2. The van der Waals surface area contributed by atoms with Crippen LogP contribution in [-0.2, 0) is 10.0 Å². The third kappa shape index (κ3) is 4.72. The van der Waals surface area contributed by atoms with E-state index in [1.807, 2.05) is 24.3 Å². The second kappa shape index (κ2) is 8.75. The topological polar surface area (TPSA) is 78.5 Å². The molecule has 2 aromatic carbocycles. The lowest BCUT2D eigenvalue weighted by atomic mass is 10.1. The lowest BCUT2D eigenvalue weighted by molar-refractivity contribution is 0.102. The Kier molecular flexibility index (Phi) is 6.85. The van der Waals surface area contributed by atoms with E-state index in [1.165, 1.54) is 13.1 Å². The fourth-order valence-electron chi connectivity index (χ4n) is 3.13. The Balaban J connectivity index is 2.28. The first kappa shape index (κ1) is 21.9. The summed E-state index contributed by atoms with van der Waals surface area (Å²) < 4.78 is 26.8. The first-order valence-electron chi connectivity index (χ1n) is 9.33. The molecule has 0 heterocycles. The van der Waals surface area contributed by atoms with Crippen LogP contribution in [0.2, 0.25) is 0 Å². The Hall–Kier alpha value is -2.38. The molecular weight excluding hydrogens is 374 g/mol. The van der Waals surface area contributed by atoms with Crippen LogP contribution in [0.15, 0.2) is 41.3 Å². The highest BCUT2D eigenvalue weighted by molar-refractivity contribution is 7.89. The summed E-state index contributed by atoms with van der Waals surface area (Å²) in [5.41, 5.74) is 3.42. The van der Waals surface area contributed by atoms with Gasteiger partial charge in [0.05, 0.1) is 4.90 Å². The molecule has 0 radical (unpaired) electrons. The zero-order valence-electron chi connectivity index (χ0n) is 17.3. The number of aryl methyl sites for hydroxylation is 1. The van der Waals surface area contributed by atoms with Crippen molar-refractivity contribution in [3.8, 4) is 0 Å². The highest BCUT2D eigenvalue weighted by Gasteiger charge is 2.19. The molecule has 2 rings (SSSR count). The van der Waals surface area contributed by atoms with Gasteiger partial charge in [0, 0.05) is 29.5 Å². The van der Waals surface area contributed by atoms with Gasteiger partial charge in [0.25, 0.3) is 5.91 Å². The molecule has 152 valence electrons. The SMILES string of the molecule is CCN(c1ccc(NC(=O)c2cc(C)c(C)c(S(=O)(=O)NC)c2)cc1)C(C)C. The summed E-state index contributed by atoms with van der Waals surface area (Å²) in [5, 5.41) is 2.84. The van der Waals surface area contributed by atoms with Gasteiger partial charge in [-0.25, -0.2) is 13.1 Å². The third-order valence-corrected chi connectivity index (χ3v) is 6.40. The summed E-state index contributed by atoms with van der Waals surface area (Å²) in [4.78, 5) is 15.1. The molecule has 7 heteroatoms. The van der Waals surface area contributed by atoms with Crippen LogP contribution in [0.25, 0.3) is 0 Å². The van der Waals surface area contributed by atoms with E-state index in [0.717, 1.165) is 17.8 Å². The smallest absolute Gasteiger partial charge is 0.255 e. The van der Waals surface area contributed by atoms with Gasteiger partial charge in [0.1, 0.15) is 0 Å². The predicted molar refractivity (Wildman–Crippen MR) is 115 cm³/mol. The highest BCUT2D eigenvalue weighted by Crippen LogP contribution is 2.23. The number of carbonyl (C=O) groups excluding carboxylic acids is 1. The van der Waals surface area contributed by atoms with Crippen LogP contribution in [-0.4, -0.2) is 34.0 Å². The van der Waals surface area contributed by atoms with E-state index in [2.05, 4.69) is 35.7 Å². The summed E-state index contributed by atoms with van der Waals surface area (Å²) in [6.07, 6.45) is 0. The molecule has 2 aromatic rings. The molecule has 28 heavy (non-hydrogen) atoms. The first-order chi connectivity index (χ1) is 13.1. The number of amides is 1. The Morgan fingerprint density at radius 1 is 1.11 bits per heavy atom. The van der Waals surface area contributed by atoms with Gasteiger partial charge in [-0.3, -0.25) is 4.79 Å². The zero-order chi connectivity index (χ0) is 21.1. The molecule has 1 amide bonds. The molecule has 2 N–H and O–H groups in total. The molecule has 0 unspecified atom stereocenters. The molecule has 0 fully saturated rings. The summed E-state index contributed by atoms with van der Waals surface area (Å²) in [6.45, 7) is 10.8. The van der Waals surface area contributed by atoms with E-state index in [0.29, 0.717) is 22.9 Å². The molecule has 0 aromatic heterocycles. The summed E-state index contributed by atoms with van der Waals surface area (Å²) in [7, 11) is -2.29. The van der Waals surface area contributed by atoms with Crippen LogP contribution < -0.4 is 14.9 Å². The Morgan fingerprint density at radius 2 is 1.71 bits per heavy atom. The maximum absolute atomic E-state index is 12.7. The van der Waals surface area contributed by atoms with Crippen molar-refractivity contribution in [2.75, 3.05) is 23.8 Å². The number of rotatable bonds is 7. The van der Waals surface area contributed by atoms with Gasteiger partial charge in [-0.05, 0) is 89.2 Å². The molecule has 0 saturated carbocycles. The van der Waals surface area contributed by atoms with Crippen molar-refractivity contribution in [1.29, 1.82) is 0 Å². The first-order valence-corrected chi connectivity index (χ1v) is 10.8. The molecule has 0 saturated heterocycles. The average Bonchev–Trinajstić information content (AvgIpc) is 2.65. The number of benzene rings is 2. The van der Waals surface area contributed by atoms with Gasteiger partial charge in [-0.1, -0.05) is 0 Å². The summed E-state index contributed by atoms with van der Waals surface area (Å²) in [6, 6.07) is 11.1. The number of anilines is 2. The van der Waals surface area contributed by atoms with E-state index in [9.17, 15) is 13.2 Å². The number of sulfonamides is 1. The summed E-state index contributed by atoms with van der Waals surface area (Å²) >= 11 is 0. The maximum Gasteiger partial charge on any atom is 0.255 e. The lowest BCUT2D eigenvalue weighted by Crippen LogP contribution is -2.30. The molecule has 0 bridgehead atoms. The Bertz CT molecular complexity index is 952. The van der Waals surface area contributed by atoms with Crippen molar-refractivity contribution in [2.45, 2.75) is 45.6 Å². The monoisotopic (exact) mass is 403 g/mol. The Labute approximate surface area is 168 Å². The quantitative estimate of drug-likeness (QED) is 0.739. The van der Waals surface area contributed by atoms with Crippen LogP contribution in [0.1, 0.15) is 42.3 Å². The second-order valence-electron chi connectivity index (χ2n) is 7.00. The van der Waals surface area contributed by atoms with Crippen molar-refractivity contribution < 1.29 is 13.2 Å².